The smallest absolute Gasteiger partial charge is 0.0565 e. The molecule has 0 amide bonds. The van der Waals surface area contributed by atoms with E-state index in [-0.39, 0.29) is 0 Å². The fraction of sp³-hybridized carbons (Fsp3) is 0.786. The Balaban J connectivity index is 2.07. The Morgan fingerprint density at radius 2 is 1.87 bits per heavy atom. The van der Waals surface area contributed by atoms with Gasteiger partial charge in [0, 0.05) is 5.71 Å². The Labute approximate surface area is 93.7 Å². The summed E-state index contributed by atoms with van der Waals surface area (Å²) in [7, 11) is 0. The summed E-state index contributed by atoms with van der Waals surface area (Å²) in [5.41, 5.74) is 1.32. The highest BCUT2D eigenvalue weighted by Gasteiger charge is 2.23. The molecule has 0 spiro atoms. The zero-order chi connectivity index (χ0) is 10.7. The number of allylic oxidation sites excluding steroid dienone is 1. The normalized spacial score (nSPS) is 31.8. The van der Waals surface area contributed by atoms with E-state index in [1.165, 1.54) is 44.2 Å². The first-order valence-electron chi connectivity index (χ1n) is 6.53. The molecule has 1 fully saturated rings. The lowest BCUT2D eigenvalue weighted by Gasteiger charge is -2.28. The molecule has 2 rings (SSSR count). The van der Waals surface area contributed by atoms with E-state index in [2.05, 4.69) is 26.0 Å². The van der Waals surface area contributed by atoms with Gasteiger partial charge in [-0.05, 0) is 30.8 Å². The maximum absolute atomic E-state index is 4.93. The Morgan fingerprint density at radius 3 is 2.60 bits per heavy atom. The zero-order valence-corrected chi connectivity index (χ0v) is 10.1. The first-order chi connectivity index (χ1) is 7.27. The third kappa shape index (κ3) is 2.70. The quantitative estimate of drug-likeness (QED) is 0.613. The van der Waals surface area contributed by atoms with Crippen LogP contribution in [0.2, 0.25) is 0 Å². The molecule has 0 aromatic carbocycles. The van der Waals surface area contributed by atoms with Gasteiger partial charge in [-0.3, -0.25) is 4.99 Å². The minimum atomic E-state index is 0.590. The van der Waals surface area contributed by atoms with Gasteiger partial charge in [0.15, 0.2) is 0 Å². The Bertz CT molecular complexity index is 263. The average Bonchev–Trinajstić information content (AvgIpc) is 2.18. The molecule has 0 radical (unpaired) electrons. The van der Waals surface area contributed by atoms with Crippen LogP contribution < -0.4 is 0 Å². The van der Waals surface area contributed by atoms with E-state index in [0.717, 1.165) is 5.92 Å². The van der Waals surface area contributed by atoms with E-state index in [0.29, 0.717) is 12.0 Å². The van der Waals surface area contributed by atoms with Crippen LogP contribution in [0.4, 0.5) is 0 Å². The van der Waals surface area contributed by atoms with Crippen molar-refractivity contribution < 1.29 is 0 Å². The second-order valence-electron chi connectivity index (χ2n) is 5.29. The molecule has 84 valence electrons. The number of fused-ring (bicyclic) bond motifs is 1. The van der Waals surface area contributed by atoms with Crippen LogP contribution in [0, 0.1) is 11.8 Å². The SMILES string of the molecule is CC(C)C1=NC2CCCCCCC2C=C1. The van der Waals surface area contributed by atoms with Crippen molar-refractivity contribution in [1.29, 1.82) is 0 Å². The van der Waals surface area contributed by atoms with Crippen LogP contribution in [0.3, 0.4) is 0 Å². The fourth-order valence-electron chi connectivity index (χ4n) is 2.68. The number of hydrogen-bond acceptors (Lipinski definition) is 1. The number of dihydropyridines is 1. The molecule has 0 bridgehead atoms. The van der Waals surface area contributed by atoms with Crippen molar-refractivity contribution in [1.82, 2.24) is 0 Å². The van der Waals surface area contributed by atoms with Crippen LogP contribution in [-0.2, 0) is 0 Å². The molecule has 0 aromatic heterocycles. The fourth-order valence-corrected chi connectivity index (χ4v) is 2.68. The topological polar surface area (TPSA) is 12.4 Å². The molecule has 2 aliphatic rings. The molecule has 2 atom stereocenters. The van der Waals surface area contributed by atoms with Gasteiger partial charge in [-0.2, -0.15) is 0 Å². The van der Waals surface area contributed by atoms with Crippen LogP contribution in [0.1, 0.15) is 52.4 Å². The van der Waals surface area contributed by atoms with E-state index in [1.807, 2.05) is 0 Å². The van der Waals surface area contributed by atoms with Crippen LogP contribution in [0.15, 0.2) is 17.1 Å². The minimum absolute atomic E-state index is 0.590. The van der Waals surface area contributed by atoms with Crippen molar-refractivity contribution in [2.75, 3.05) is 0 Å². The van der Waals surface area contributed by atoms with Gasteiger partial charge in [-0.15, -0.1) is 0 Å². The molecule has 15 heavy (non-hydrogen) atoms. The zero-order valence-electron chi connectivity index (χ0n) is 10.1. The van der Waals surface area contributed by atoms with Crippen LogP contribution in [0.5, 0.6) is 0 Å². The van der Waals surface area contributed by atoms with E-state index < -0.39 is 0 Å². The number of aliphatic imine (C=N–C) groups is 1. The van der Waals surface area contributed by atoms with Gasteiger partial charge in [0.05, 0.1) is 6.04 Å². The lowest BCUT2D eigenvalue weighted by atomic mass is 9.84. The summed E-state index contributed by atoms with van der Waals surface area (Å²) < 4.78 is 0. The van der Waals surface area contributed by atoms with E-state index in [4.69, 9.17) is 4.99 Å². The van der Waals surface area contributed by atoms with Gasteiger partial charge < -0.3 is 0 Å². The van der Waals surface area contributed by atoms with E-state index in [1.54, 1.807) is 0 Å². The molecular formula is C14H23N. The predicted molar refractivity (Wildman–Crippen MR) is 66.4 cm³/mol. The number of hydrogen-bond donors (Lipinski definition) is 0. The Morgan fingerprint density at radius 1 is 1.13 bits per heavy atom. The van der Waals surface area contributed by atoms with Crippen LogP contribution in [0.25, 0.3) is 0 Å². The second-order valence-corrected chi connectivity index (χ2v) is 5.29. The maximum Gasteiger partial charge on any atom is 0.0565 e. The lowest BCUT2D eigenvalue weighted by Crippen LogP contribution is -2.25. The summed E-state index contributed by atoms with van der Waals surface area (Å²) in [5, 5.41) is 0. The third-order valence-electron chi connectivity index (χ3n) is 3.70. The van der Waals surface area contributed by atoms with Crippen molar-refractivity contribution in [2.24, 2.45) is 16.8 Å². The number of rotatable bonds is 1. The van der Waals surface area contributed by atoms with Gasteiger partial charge >= 0.3 is 0 Å². The maximum atomic E-state index is 4.93. The molecule has 1 heteroatoms. The van der Waals surface area contributed by atoms with Crippen molar-refractivity contribution in [2.45, 2.75) is 58.4 Å². The van der Waals surface area contributed by atoms with Crippen molar-refractivity contribution in [3.63, 3.8) is 0 Å². The molecular weight excluding hydrogens is 182 g/mol. The van der Waals surface area contributed by atoms with E-state index in [9.17, 15) is 0 Å². The van der Waals surface area contributed by atoms with Crippen molar-refractivity contribution in [3.05, 3.63) is 12.2 Å². The highest BCUT2D eigenvalue weighted by Crippen LogP contribution is 2.29. The molecule has 0 saturated heterocycles. The molecule has 1 heterocycles. The van der Waals surface area contributed by atoms with Gasteiger partial charge in [0.1, 0.15) is 0 Å². The number of nitrogens with zero attached hydrogens (tertiary/aromatic N) is 1. The summed E-state index contributed by atoms with van der Waals surface area (Å²) in [6.45, 7) is 4.48. The largest absolute Gasteiger partial charge is 0.286 e. The summed E-state index contributed by atoms with van der Waals surface area (Å²) in [6.07, 6.45) is 13.0. The third-order valence-corrected chi connectivity index (χ3v) is 3.70. The summed E-state index contributed by atoms with van der Waals surface area (Å²) in [6, 6.07) is 0.604. The van der Waals surface area contributed by atoms with Crippen molar-refractivity contribution in [3.8, 4) is 0 Å². The standard InChI is InChI=1S/C14H23N/c1-11(2)13-10-9-12-7-5-3-4-6-8-14(12)15-13/h9-12,14H,3-8H2,1-2H3. The average molecular weight is 205 g/mol. The highest BCUT2D eigenvalue weighted by atomic mass is 14.8. The molecule has 1 aliphatic heterocycles. The van der Waals surface area contributed by atoms with Gasteiger partial charge in [-0.1, -0.05) is 45.6 Å². The highest BCUT2D eigenvalue weighted by molar-refractivity contribution is 5.97. The molecule has 0 N–H and O–H groups in total. The van der Waals surface area contributed by atoms with Gasteiger partial charge in [0.2, 0.25) is 0 Å². The summed E-state index contributed by atoms with van der Waals surface area (Å²) in [4.78, 5) is 4.93. The van der Waals surface area contributed by atoms with Gasteiger partial charge in [0.25, 0.3) is 0 Å². The molecule has 1 saturated carbocycles. The predicted octanol–water partition coefficient (Wildman–Crippen LogP) is 3.99. The van der Waals surface area contributed by atoms with Crippen LogP contribution >= 0.6 is 0 Å². The summed E-state index contributed by atoms with van der Waals surface area (Å²) in [5.74, 6) is 1.33. The Hall–Kier alpha value is -0.590. The Kier molecular flexibility index (Phi) is 3.61. The minimum Gasteiger partial charge on any atom is -0.286 e. The second kappa shape index (κ2) is 4.96. The first kappa shape index (κ1) is 10.9. The van der Waals surface area contributed by atoms with E-state index >= 15 is 0 Å². The van der Waals surface area contributed by atoms with Crippen LogP contribution in [-0.4, -0.2) is 11.8 Å². The molecule has 0 aromatic rings. The summed E-state index contributed by atoms with van der Waals surface area (Å²) >= 11 is 0. The van der Waals surface area contributed by atoms with Crippen molar-refractivity contribution >= 4 is 5.71 Å². The first-order valence-corrected chi connectivity index (χ1v) is 6.53. The molecule has 1 aliphatic carbocycles. The monoisotopic (exact) mass is 205 g/mol. The molecule has 2 unspecified atom stereocenters. The lowest BCUT2D eigenvalue weighted by molar-refractivity contribution is 0.380. The molecule has 1 nitrogen and oxygen atoms in total. The van der Waals surface area contributed by atoms with Gasteiger partial charge in [-0.25, -0.2) is 0 Å².